The Balaban J connectivity index is 3.12. The van der Waals surface area contributed by atoms with E-state index in [1.165, 1.54) is 6.20 Å². The van der Waals surface area contributed by atoms with E-state index in [0.29, 0.717) is 12.1 Å². The van der Waals surface area contributed by atoms with E-state index in [9.17, 15) is 8.42 Å². The van der Waals surface area contributed by atoms with Crippen LogP contribution in [0.4, 0.5) is 0 Å². The second-order valence-corrected chi connectivity index (χ2v) is 6.68. The fourth-order valence-corrected chi connectivity index (χ4v) is 3.96. The maximum absolute atomic E-state index is 12.7. The quantitative estimate of drug-likeness (QED) is 0.751. The van der Waals surface area contributed by atoms with Crippen molar-refractivity contribution in [3.8, 4) is 0 Å². The highest BCUT2D eigenvalue weighted by Crippen LogP contribution is 2.22. The van der Waals surface area contributed by atoms with Gasteiger partial charge in [-0.25, -0.2) is 8.42 Å². The van der Waals surface area contributed by atoms with E-state index in [0.717, 1.165) is 19.3 Å². The Labute approximate surface area is 120 Å². The van der Waals surface area contributed by atoms with Crippen molar-refractivity contribution in [3.63, 3.8) is 0 Å². The lowest BCUT2D eigenvalue weighted by molar-refractivity contribution is 0.323. The predicted octanol–water partition coefficient (Wildman–Crippen LogP) is 2.74. The molecule has 0 saturated carbocycles. The number of halogens is 1. The zero-order valence-corrected chi connectivity index (χ0v) is 13.3. The van der Waals surface area contributed by atoms with Crippen LogP contribution in [0.1, 0.15) is 45.6 Å². The van der Waals surface area contributed by atoms with Crippen molar-refractivity contribution in [2.24, 2.45) is 0 Å². The minimum atomic E-state index is -3.55. The lowest BCUT2D eigenvalue weighted by Crippen LogP contribution is -2.39. The molecule has 1 N–H and O–H groups in total. The molecular formula is C12H22ClN3O2S. The summed E-state index contributed by atoms with van der Waals surface area (Å²) in [6.07, 6.45) is 4.03. The highest BCUT2D eigenvalue weighted by atomic mass is 35.5. The van der Waals surface area contributed by atoms with E-state index in [2.05, 4.69) is 10.2 Å². The largest absolute Gasteiger partial charge is 0.266 e. The third-order valence-electron chi connectivity index (χ3n) is 3.20. The van der Waals surface area contributed by atoms with Gasteiger partial charge in [0.05, 0.1) is 12.1 Å². The van der Waals surface area contributed by atoms with Crippen LogP contribution in [-0.2, 0) is 15.9 Å². The molecule has 7 heteroatoms. The summed E-state index contributed by atoms with van der Waals surface area (Å²) in [7, 11) is -3.55. The number of hydrogen-bond donors (Lipinski definition) is 1. The summed E-state index contributed by atoms with van der Waals surface area (Å²) in [5.74, 6) is 0.132. The third kappa shape index (κ3) is 3.70. The van der Waals surface area contributed by atoms with Gasteiger partial charge in [0.2, 0.25) is 0 Å². The van der Waals surface area contributed by atoms with Crippen LogP contribution in [0.3, 0.4) is 0 Å². The molecule has 1 aromatic heterocycles. The molecule has 0 aliphatic rings. The Morgan fingerprint density at radius 1 is 1.47 bits per heavy atom. The Hall–Kier alpha value is -0.590. The molecule has 1 unspecified atom stereocenters. The van der Waals surface area contributed by atoms with Crippen LogP contribution in [-0.4, -0.2) is 35.5 Å². The highest BCUT2D eigenvalue weighted by Gasteiger charge is 2.31. The molecule has 5 nitrogen and oxygen atoms in total. The van der Waals surface area contributed by atoms with Gasteiger partial charge in [0.15, 0.2) is 5.03 Å². The smallest absolute Gasteiger partial charge is 0.260 e. The van der Waals surface area contributed by atoms with E-state index in [-0.39, 0.29) is 16.9 Å². The molecule has 1 atom stereocenters. The van der Waals surface area contributed by atoms with E-state index in [4.69, 9.17) is 11.6 Å². The summed E-state index contributed by atoms with van der Waals surface area (Å²) in [6, 6.07) is -0.0389. The van der Waals surface area contributed by atoms with Crippen LogP contribution < -0.4 is 0 Å². The van der Waals surface area contributed by atoms with Crippen molar-refractivity contribution >= 4 is 21.6 Å². The SMILES string of the molecule is CCCCN(C(C)CC)S(=O)(=O)c1[nH]ncc1CCl. The van der Waals surface area contributed by atoms with Gasteiger partial charge >= 0.3 is 0 Å². The predicted molar refractivity (Wildman–Crippen MR) is 76.7 cm³/mol. The zero-order chi connectivity index (χ0) is 14.5. The molecule has 1 rings (SSSR count). The molecule has 1 aromatic rings. The van der Waals surface area contributed by atoms with Crippen molar-refractivity contribution in [2.45, 2.75) is 57.0 Å². The molecule has 110 valence electrons. The van der Waals surface area contributed by atoms with Gasteiger partial charge in [0.25, 0.3) is 10.0 Å². The van der Waals surface area contributed by atoms with E-state index < -0.39 is 10.0 Å². The van der Waals surface area contributed by atoms with Crippen molar-refractivity contribution in [1.82, 2.24) is 14.5 Å². The van der Waals surface area contributed by atoms with Gasteiger partial charge < -0.3 is 0 Å². The van der Waals surface area contributed by atoms with E-state index >= 15 is 0 Å². The van der Waals surface area contributed by atoms with Gasteiger partial charge in [0, 0.05) is 18.2 Å². The molecular weight excluding hydrogens is 286 g/mol. The first kappa shape index (κ1) is 16.5. The van der Waals surface area contributed by atoms with Crippen LogP contribution in [0.25, 0.3) is 0 Å². The summed E-state index contributed by atoms with van der Waals surface area (Å²) in [4.78, 5) is 0. The van der Waals surface area contributed by atoms with Gasteiger partial charge in [-0.2, -0.15) is 9.40 Å². The first-order valence-electron chi connectivity index (χ1n) is 6.59. The molecule has 0 radical (unpaired) electrons. The van der Waals surface area contributed by atoms with Crippen LogP contribution in [0, 0.1) is 0 Å². The zero-order valence-electron chi connectivity index (χ0n) is 11.7. The number of hydrogen-bond acceptors (Lipinski definition) is 3. The number of rotatable bonds is 8. The number of nitrogens with one attached hydrogen (secondary N) is 1. The number of H-pyrrole nitrogens is 1. The number of unbranched alkanes of at least 4 members (excludes halogenated alkanes) is 1. The maximum Gasteiger partial charge on any atom is 0.260 e. The van der Waals surface area contributed by atoms with Crippen LogP contribution in [0.2, 0.25) is 0 Å². The second kappa shape index (κ2) is 7.26. The summed E-state index contributed by atoms with van der Waals surface area (Å²) in [5, 5.41) is 6.48. The Bertz CT molecular complexity index is 487. The number of aromatic nitrogens is 2. The number of nitrogens with zero attached hydrogens (tertiary/aromatic N) is 2. The summed E-state index contributed by atoms with van der Waals surface area (Å²) in [6.45, 7) is 6.47. The summed E-state index contributed by atoms with van der Waals surface area (Å²) < 4.78 is 26.9. The summed E-state index contributed by atoms with van der Waals surface area (Å²) in [5.41, 5.74) is 0.520. The minimum absolute atomic E-state index is 0.0389. The molecule has 1 heterocycles. The maximum atomic E-state index is 12.7. The molecule has 19 heavy (non-hydrogen) atoms. The van der Waals surface area contributed by atoms with Crippen molar-refractivity contribution in [2.75, 3.05) is 6.54 Å². The molecule has 0 aliphatic carbocycles. The van der Waals surface area contributed by atoms with Crippen LogP contribution >= 0.6 is 11.6 Å². The molecule has 0 saturated heterocycles. The second-order valence-electron chi connectivity index (χ2n) is 4.58. The van der Waals surface area contributed by atoms with Gasteiger partial charge in [-0.1, -0.05) is 20.3 Å². The molecule has 0 fully saturated rings. The first-order valence-corrected chi connectivity index (χ1v) is 8.56. The molecule has 0 aliphatic heterocycles. The number of sulfonamides is 1. The standard InChI is InChI=1S/C12H22ClN3O2S/c1-4-6-7-16(10(3)5-2)19(17,18)12-11(8-13)9-14-15-12/h9-10H,4-8H2,1-3H3,(H,14,15). The fourth-order valence-electron chi connectivity index (χ4n) is 1.83. The van der Waals surface area contributed by atoms with Crippen molar-refractivity contribution < 1.29 is 8.42 Å². The van der Waals surface area contributed by atoms with Crippen LogP contribution in [0.5, 0.6) is 0 Å². The van der Waals surface area contributed by atoms with Gasteiger partial charge in [-0.15, -0.1) is 11.6 Å². The third-order valence-corrected chi connectivity index (χ3v) is 5.52. The molecule has 0 aromatic carbocycles. The Morgan fingerprint density at radius 2 is 2.16 bits per heavy atom. The van der Waals surface area contributed by atoms with Gasteiger partial charge in [0.1, 0.15) is 0 Å². The normalized spacial score (nSPS) is 13.9. The lowest BCUT2D eigenvalue weighted by Gasteiger charge is -2.27. The van der Waals surface area contributed by atoms with Gasteiger partial charge in [-0.3, -0.25) is 5.10 Å². The average molecular weight is 308 g/mol. The number of alkyl halides is 1. The topological polar surface area (TPSA) is 66.1 Å². The molecule has 0 bridgehead atoms. The van der Waals surface area contributed by atoms with E-state index in [1.54, 1.807) is 4.31 Å². The number of aromatic amines is 1. The Morgan fingerprint density at radius 3 is 2.68 bits per heavy atom. The molecule has 0 amide bonds. The monoisotopic (exact) mass is 307 g/mol. The molecule has 0 spiro atoms. The summed E-state index contributed by atoms with van der Waals surface area (Å²) >= 11 is 5.76. The van der Waals surface area contributed by atoms with Crippen LogP contribution in [0.15, 0.2) is 11.2 Å². The fraction of sp³-hybridized carbons (Fsp3) is 0.750. The average Bonchev–Trinajstić information content (AvgIpc) is 2.87. The van der Waals surface area contributed by atoms with Crippen molar-refractivity contribution in [1.29, 1.82) is 0 Å². The van der Waals surface area contributed by atoms with Crippen molar-refractivity contribution in [3.05, 3.63) is 11.8 Å². The van der Waals surface area contributed by atoms with Gasteiger partial charge in [-0.05, 0) is 19.8 Å². The van der Waals surface area contributed by atoms with E-state index in [1.807, 2.05) is 20.8 Å². The minimum Gasteiger partial charge on any atom is -0.266 e. The highest BCUT2D eigenvalue weighted by molar-refractivity contribution is 7.89. The lowest BCUT2D eigenvalue weighted by atomic mass is 10.2. The Kier molecular flexibility index (Phi) is 6.29. The first-order chi connectivity index (χ1) is 8.98.